The molecule has 2 aromatic heterocycles. The van der Waals surface area contributed by atoms with Crippen LogP contribution in [0.5, 0.6) is 11.5 Å². The number of nitrogens with zero attached hydrogens (tertiary/aromatic N) is 7. The summed E-state index contributed by atoms with van der Waals surface area (Å²) in [6, 6.07) is 58.1. The fourth-order valence-corrected chi connectivity index (χ4v) is 7.40. The Morgan fingerprint density at radius 1 is 0.455 bits per heavy atom. The lowest BCUT2D eigenvalue weighted by Gasteiger charge is -2.33. The number of hydrogen-bond donors (Lipinski definition) is 0. The number of nitriles is 2. The lowest BCUT2D eigenvalue weighted by Crippen LogP contribution is -2.15. The lowest BCUT2D eigenvalue weighted by atomic mass is 10.0. The van der Waals surface area contributed by atoms with Crippen LogP contribution in [0.3, 0.4) is 0 Å². The fraction of sp³-hybridized carbons (Fsp3) is 0. The van der Waals surface area contributed by atoms with E-state index in [1.54, 1.807) is 12.1 Å². The summed E-state index contributed by atoms with van der Waals surface area (Å²) in [6.45, 7) is 0. The molecule has 0 atom stereocenters. The number of para-hydroxylation sites is 4. The zero-order chi connectivity index (χ0) is 36.9. The van der Waals surface area contributed by atoms with Gasteiger partial charge in [0.1, 0.15) is 6.07 Å². The summed E-state index contributed by atoms with van der Waals surface area (Å²) < 4.78 is 8.65. The van der Waals surface area contributed by atoms with Crippen LogP contribution in [-0.4, -0.2) is 19.5 Å². The predicted molar refractivity (Wildman–Crippen MR) is 215 cm³/mol. The van der Waals surface area contributed by atoms with E-state index in [2.05, 4.69) is 47.4 Å². The monoisotopic (exact) mass is 705 g/mol. The van der Waals surface area contributed by atoms with E-state index >= 15 is 0 Å². The quantitative estimate of drug-likeness (QED) is 0.175. The molecule has 0 saturated heterocycles. The molecule has 9 aromatic rings. The van der Waals surface area contributed by atoms with Crippen LogP contribution >= 0.6 is 0 Å². The van der Waals surface area contributed by atoms with Crippen molar-refractivity contribution in [1.82, 2.24) is 19.5 Å². The maximum atomic E-state index is 10.8. The van der Waals surface area contributed by atoms with E-state index in [1.165, 1.54) is 0 Å². The minimum Gasteiger partial charge on any atom is -0.453 e. The maximum absolute atomic E-state index is 10.8. The molecular formula is C47H27N7O. The molecule has 0 saturated carbocycles. The van der Waals surface area contributed by atoms with Gasteiger partial charge in [-0.15, -0.1) is 0 Å². The second-order valence-corrected chi connectivity index (χ2v) is 13.1. The molecule has 7 aromatic carbocycles. The van der Waals surface area contributed by atoms with Crippen molar-refractivity contribution in [3.8, 4) is 63.5 Å². The van der Waals surface area contributed by atoms with Gasteiger partial charge in [-0.2, -0.15) is 10.5 Å². The summed E-state index contributed by atoms with van der Waals surface area (Å²) >= 11 is 0. The van der Waals surface area contributed by atoms with Crippen LogP contribution in [-0.2, 0) is 0 Å². The summed E-state index contributed by atoms with van der Waals surface area (Å²) in [5.41, 5.74) is 7.85. The highest BCUT2D eigenvalue weighted by molar-refractivity contribution is 6.12. The van der Waals surface area contributed by atoms with Gasteiger partial charge in [0.25, 0.3) is 0 Å². The molecule has 0 N–H and O–H groups in total. The van der Waals surface area contributed by atoms with Gasteiger partial charge in [0.15, 0.2) is 29.0 Å². The average molecular weight is 706 g/mol. The molecule has 55 heavy (non-hydrogen) atoms. The normalized spacial score (nSPS) is 11.7. The molecule has 10 rings (SSSR count). The van der Waals surface area contributed by atoms with Crippen LogP contribution in [0.25, 0.3) is 61.7 Å². The van der Waals surface area contributed by atoms with Crippen molar-refractivity contribution in [1.29, 1.82) is 10.5 Å². The van der Waals surface area contributed by atoms with E-state index in [-0.39, 0.29) is 0 Å². The van der Waals surface area contributed by atoms with Gasteiger partial charge < -0.3 is 14.2 Å². The van der Waals surface area contributed by atoms with Crippen LogP contribution in [0, 0.1) is 22.7 Å². The third-order valence-corrected chi connectivity index (χ3v) is 9.89. The number of ether oxygens (including phenoxy) is 1. The largest absolute Gasteiger partial charge is 0.453 e. The number of aromatic nitrogens is 4. The minimum absolute atomic E-state index is 0.302. The van der Waals surface area contributed by atoms with Gasteiger partial charge in [0.2, 0.25) is 0 Å². The van der Waals surface area contributed by atoms with Gasteiger partial charge in [-0.3, -0.25) is 0 Å². The van der Waals surface area contributed by atoms with Crippen molar-refractivity contribution >= 4 is 38.9 Å². The first kappa shape index (κ1) is 31.6. The summed E-state index contributed by atoms with van der Waals surface area (Å²) in [4.78, 5) is 16.7. The third kappa shape index (κ3) is 5.25. The van der Waals surface area contributed by atoms with Gasteiger partial charge in [0, 0.05) is 39.2 Å². The Balaban J connectivity index is 1.20. The van der Waals surface area contributed by atoms with Gasteiger partial charge in [-0.25, -0.2) is 15.0 Å². The molecule has 3 heterocycles. The Hall–Kier alpha value is -8.07. The highest BCUT2D eigenvalue weighted by atomic mass is 16.5. The van der Waals surface area contributed by atoms with Crippen molar-refractivity contribution in [3.05, 3.63) is 175 Å². The van der Waals surface area contributed by atoms with Crippen molar-refractivity contribution in [2.24, 2.45) is 0 Å². The second kappa shape index (κ2) is 12.9. The van der Waals surface area contributed by atoms with E-state index in [0.717, 1.165) is 55.7 Å². The van der Waals surface area contributed by atoms with Gasteiger partial charge in [-0.05, 0) is 48.5 Å². The van der Waals surface area contributed by atoms with Gasteiger partial charge >= 0.3 is 0 Å². The van der Waals surface area contributed by atoms with E-state index in [1.807, 2.05) is 126 Å². The van der Waals surface area contributed by atoms with E-state index in [9.17, 15) is 10.5 Å². The van der Waals surface area contributed by atoms with Crippen LogP contribution in [0.4, 0.5) is 17.1 Å². The molecule has 256 valence electrons. The fourth-order valence-electron chi connectivity index (χ4n) is 7.40. The summed E-state index contributed by atoms with van der Waals surface area (Å²) in [5.74, 6) is 2.64. The highest BCUT2D eigenvalue weighted by Gasteiger charge is 2.28. The molecule has 1 aliphatic rings. The average Bonchev–Trinajstić information content (AvgIpc) is 3.57. The molecule has 0 amide bonds. The molecule has 0 spiro atoms. The molecule has 8 heteroatoms. The van der Waals surface area contributed by atoms with Crippen molar-refractivity contribution in [2.45, 2.75) is 0 Å². The minimum atomic E-state index is 0.302. The highest BCUT2D eigenvalue weighted by Crippen LogP contribution is 2.52. The Kier molecular flexibility index (Phi) is 7.40. The number of benzene rings is 7. The van der Waals surface area contributed by atoms with E-state index in [0.29, 0.717) is 45.6 Å². The summed E-state index contributed by atoms with van der Waals surface area (Å²) in [6.07, 6.45) is 0. The Morgan fingerprint density at radius 3 is 1.75 bits per heavy atom. The number of hydrogen-bond acceptors (Lipinski definition) is 7. The standard InChI is InChI=1S/C47H27N7O/c48-28-32-25-40(33(29-49)24-36(32)47-51-45(30-14-4-1-5-15-30)50-46(52-47)31-16-6-2-7-17-31)54-38-21-11-10-20-35(38)37-26-42-44(27-41(37)54)55-43-23-13-12-22-39(43)53(42)34-18-8-3-9-19-34/h1-27H. The van der Waals surface area contributed by atoms with Crippen LogP contribution in [0.15, 0.2) is 164 Å². The molecule has 0 fully saturated rings. The van der Waals surface area contributed by atoms with Crippen molar-refractivity contribution in [3.63, 3.8) is 0 Å². The van der Waals surface area contributed by atoms with Crippen molar-refractivity contribution < 1.29 is 4.74 Å². The molecule has 0 bridgehead atoms. The lowest BCUT2D eigenvalue weighted by molar-refractivity contribution is 0.477. The van der Waals surface area contributed by atoms with Crippen LogP contribution < -0.4 is 9.64 Å². The zero-order valence-electron chi connectivity index (χ0n) is 29.1. The van der Waals surface area contributed by atoms with E-state index < -0.39 is 0 Å². The van der Waals surface area contributed by atoms with Crippen molar-refractivity contribution in [2.75, 3.05) is 4.90 Å². The molecule has 0 aliphatic carbocycles. The molecule has 8 nitrogen and oxygen atoms in total. The maximum Gasteiger partial charge on any atom is 0.165 e. The SMILES string of the molecule is N#Cc1cc(-n2c3ccccc3c3cc4c(cc32)Oc2ccccc2N4c2ccccc2)c(C#N)cc1-c1nc(-c2ccccc2)nc(-c2ccccc2)n1. The second-order valence-electron chi connectivity index (χ2n) is 13.1. The molecular weight excluding hydrogens is 679 g/mol. The summed E-state index contributed by atoms with van der Waals surface area (Å²) in [7, 11) is 0. The number of fused-ring (bicyclic) bond motifs is 5. The first-order valence-electron chi connectivity index (χ1n) is 17.7. The summed E-state index contributed by atoms with van der Waals surface area (Å²) in [5, 5.41) is 23.5. The van der Waals surface area contributed by atoms with Crippen LogP contribution in [0.1, 0.15) is 11.1 Å². The third-order valence-electron chi connectivity index (χ3n) is 9.89. The zero-order valence-corrected chi connectivity index (χ0v) is 29.1. The number of rotatable bonds is 5. The Labute approximate surface area is 316 Å². The first-order chi connectivity index (χ1) is 27.2. The predicted octanol–water partition coefficient (Wildman–Crippen LogP) is 11.3. The molecule has 1 aliphatic heterocycles. The smallest absolute Gasteiger partial charge is 0.165 e. The molecule has 0 unspecified atom stereocenters. The molecule has 0 radical (unpaired) electrons. The van der Waals surface area contributed by atoms with Crippen LogP contribution in [0.2, 0.25) is 0 Å². The Morgan fingerprint density at radius 2 is 1.05 bits per heavy atom. The van der Waals surface area contributed by atoms with E-state index in [4.69, 9.17) is 19.7 Å². The Bertz CT molecular complexity index is 2980. The van der Waals surface area contributed by atoms with Gasteiger partial charge in [-0.1, -0.05) is 109 Å². The number of anilines is 3. The topological polar surface area (TPSA) is 104 Å². The van der Waals surface area contributed by atoms with Gasteiger partial charge in [0.05, 0.1) is 45.3 Å². The first-order valence-corrected chi connectivity index (χ1v) is 17.7.